The molecule has 0 aliphatic heterocycles. The summed E-state index contributed by atoms with van der Waals surface area (Å²) in [6.45, 7) is 6.45. The molecule has 1 aromatic rings. The number of benzene rings is 1. The van der Waals surface area contributed by atoms with Gasteiger partial charge in [-0.25, -0.2) is 0 Å². The van der Waals surface area contributed by atoms with Gasteiger partial charge < -0.3 is 15.2 Å². The molecule has 1 rings (SSSR count). The molecule has 0 unspecified atom stereocenters. The van der Waals surface area contributed by atoms with Gasteiger partial charge in [0.1, 0.15) is 11.5 Å². The van der Waals surface area contributed by atoms with Crippen LogP contribution in [-0.4, -0.2) is 13.7 Å². The second kappa shape index (κ2) is 4.53. The average Bonchev–Trinajstić information content (AvgIpc) is 2.16. The Morgan fingerprint density at radius 1 is 1.27 bits per heavy atom. The molecule has 2 N–H and O–H groups in total. The molecule has 0 aliphatic rings. The molecule has 0 aliphatic carbocycles. The molecule has 0 heterocycles. The lowest BCUT2D eigenvalue weighted by molar-refractivity contribution is 0.319. The minimum atomic E-state index is -0.475. The summed E-state index contributed by atoms with van der Waals surface area (Å²) >= 11 is 0. The first-order chi connectivity index (χ1) is 7.00. The van der Waals surface area contributed by atoms with Crippen LogP contribution in [0.5, 0.6) is 11.5 Å². The summed E-state index contributed by atoms with van der Waals surface area (Å²) in [5.41, 5.74) is 6.54. The van der Waals surface area contributed by atoms with E-state index in [1.54, 1.807) is 7.11 Å². The third-order valence-electron chi connectivity index (χ3n) is 2.15. The zero-order valence-electron chi connectivity index (χ0n) is 9.83. The SMILES string of the molecule is CCOc1cccc(OC)c1C(C)(C)N. The highest BCUT2D eigenvalue weighted by Gasteiger charge is 2.23. The van der Waals surface area contributed by atoms with Crippen molar-refractivity contribution in [3.8, 4) is 11.5 Å². The van der Waals surface area contributed by atoms with Crippen LogP contribution < -0.4 is 15.2 Å². The van der Waals surface area contributed by atoms with Crippen molar-refractivity contribution in [1.82, 2.24) is 0 Å². The predicted molar refractivity (Wildman–Crippen MR) is 61.4 cm³/mol. The lowest BCUT2D eigenvalue weighted by atomic mass is 9.93. The lowest BCUT2D eigenvalue weighted by Gasteiger charge is -2.24. The van der Waals surface area contributed by atoms with Gasteiger partial charge in [0.2, 0.25) is 0 Å². The van der Waals surface area contributed by atoms with E-state index < -0.39 is 5.54 Å². The molecule has 3 nitrogen and oxygen atoms in total. The van der Waals surface area contributed by atoms with E-state index in [2.05, 4.69) is 0 Å². The first-order valence-electron chi connectivity index (χ1n) is 5.09. The minimum Gasteiger partial charge on any atom is -0.496 e. The number of hydrogen-bond donors (Lipinski definition) is 1. The molecule has 0 saturated heterocycles. The fraction of sp³-hybridized carbons (Fsp3) is 0.500. The van der Waals surface area contributed by atoms with Gasteiger partial charge in [-0.2, -0.15) is 0 Å². The van der Waals surface area contributed by atoms with Gasteiger partial charge in [-0.15, -0.1) is 0 Å². The Balaban J connectivity index is 3.27. The third-order valence-corrected chi connectivity index (χ3v) is 2.15. The van der Waals surface area contributed by atoms with E-state index in [1.807, 2.05) is 39.0 Å². The van der Waals surface area contributed by atoms with Crippen molar-refractivity contribution >= 4 is 0 Å². The van der Waals surface area contributed by atoms with Crippen LogP contribution in [0.2, 0.25) is 0 Å². The smallest absolute Gasteiger partial charge is 0.128 e. The standard InChI is InChI=1S/C12H19NO2/c1-5-15-10-8-6-7-9(14-4)11(10)12(2,3)13/h6-8H,5,13H2,1-4H3. The van der Waals surface area contributed by atoms with Crippen LogP contribution >= 0.6 is 0 Å². The summed E-state index contributed by atoms with van der Waals surface area (Å²) in [6.07, 6.45) is 0. The van der Waals surface area contributed by atoms with E-state index in [0.717, 1.165) is 17.1 Å². The first-order valence-corrected chi connectivity index (χ1v) is 5.09. The summed E-state index contributed by atoms with van der Waals surface area (Å²) < 4.78 is 10.8. The summed E-state index contributed by atoms with van der Waals surface area (Å²) in [6, 6.07) is 5.71. The number of methoxy groups -OCH3 is 1. The predicted octanol–water partition coefficient (Wildman–Crippen LogP) is 2.29. The van der Waals surface area contributed by atoms with Gasteiger partial charge in [0.05, 0.1) is 19.3 Å². The van der Waals surface area contributed by atoms with Gasteiger partial charge in [-0.3, -0.25) is 0 Å². The topological polar surface area (TPSA) is 44.5 Å². The fourth-order valence-corrected chi connectivity index (χ4v) is 1.59. The molecule has 0 aromatic heterocycles. The van der Waals surface area contributed by atoms with Crippen molar-refractivity contribution in [1.29, 1.82) is 0 Å². The maximum absolute atomic E-state index is 6.10. The molecule has 0 fully saturated rings. The van der Waals surface area contributed by atoms with Crippen LogP contribution in [-0.2, 0) is 5.54 Å². The summed E-state index contributed by atoms with van der Waals surface area (Å²) in [5.74, 6) is 1.57. The van der Waals surface area contributed by atoms with E-state index in [0.29, 0.717) is 6.61 Å². The van der Waals surface area contributed by atoms with Gasteiger partial charge in [-0.1, -0.05) is 6.07 Å². The molecule has 15 heavy (non-hydrogen) atoms. The van der Waals surface area contributed by atoms with Gasteiger partial charge in [0.15, 0.2) is 0 Å². The Bertz CT molecular complexity index is 329. The van der Waals surface area contributed by atoms with E-state index >= 15 is 0 Å². The molecule has 0 saturated carbocycles. The Morgan fingerprint density at radius 3 is 2.33 bits per heavy atom. The Labute approximate surface area is 91.2 Å². The van der Waals surface area contributed by atoms with E-state index in [1.165, 1.54) is 0 Å². The fourth-order valence-electron chi connectivity index (χ4n) is 1.59. The van der Waals surface area contributed by atoms with Crippen molar-refractivity contribution in [3.05, 3.63) is 23.8 Å². The van der Waals surface area contributed by atoms with Crippen molar-refractivity contribution in [3.63, 3.8) is 0 Å². The quantitative estimate of drug-likeness (QED) is 0.827. The van der Waals surface area contributed by atoms with E-state index in [4.69, 9.17) is 15.2 Å². The van der Waals surface area contributed by atoms with Crippen LogP contribution in [0.25, 0.3) is 0 Å². The van der Waals surface area contributed by atoms with Crippen molar-refractivity contribution in [2.24, 2.45) is 5.73 Å². The van der Waals surface area contributed by atoms with Gasteiger partial charge in [0.25, 0.3) is 0 Å². The molecule has 84 valence electrons. The zero-order valence-corrected chi connectivity index (χ0v) is 9.83. The van der Waals surface area contributed by atoms with Crippen LogP contribution in [0.3, 0.4) is 0 Å². The molecular weight excluding hydrogens is 190 g/mol. The zero-order chi connectivity index (χ0) is 11.5. The summed E-state index contributed by atoms with van der Waals surface area (Å²) in [7, 11) is 1.64. The van der Waals surface area contributed by atoms with Gasteiger partial charge in [-0.05, 0) is 32.9 Å². The number of rotatable bonds is 4. The monoisotopic (exact) mass is 209 g/mol. The highest BCUT2D eigenvalue weighted by atomic mass is 16.5. The van der Waals surface area contributed by atoms with Crippen molar-refractivity contribution in [2.75, 3.05) is 13.7 Å². The Hall–Kier alpha value is -1.22. The number of nitrogens with two attached hydrogens (primary N) is 1. The molecule has 0 bridgehead atoms. The Kier molecular flexibility index (Phi) is 3.58. The summed E-state index contributed by atoms with van der Waals surface area (Å²) in [4.78, 5) is 0. The van der Waals surface area contributed by atoms with Gasteiger partial charge in [0, 0.05) is 5.54 Å². The Morgan fingerprint density at radius 2 is 1.87 bits per heavy atom. The maximum atomic E-state index is 6.10. The highest BCUT2D eigenvalue weighted by Crippen LogP contribution is 2.35. The van der Waals surface area contributed by atoms with Crippen LogP contribution in [0.15, 0.2) is 18.2 Å². The van der Waals surface area contributed by atoms with Crippen molar-refractivity contribution < 1.29 is 9.47 Å². The molecule has 0 amide bonds. The van der Waals surface area contributed by atoms with Gasteiger partial charge >= 0.3 is 0 Å². The largest absolute Gasteiger partial charge is 0.496 e. The third kappa shape index (κ3) is 2.63. The molecular formula is C12H19NO2. The molecule has 0 radical (unpaired) electrons. The maximum Gasteiger partial charge on any atom is 0.128 e. The number of ether oxygens (including phenoxy) is 2. The van der Waals surface area contributed by atoms with Crippen LogP contribution in [0.4, 0.5) is 0 Å². The first kappa shape index (κ1) is 11.9. The second-order valence-electron chi connectivity index (χ2n) is 3.99. The lowest BCUT2D eigenvalue weighted by Crippen LogP contribution is -2.30. The van der Waals surface area contributed by atoms with Crippen molar-refractivity contribution in [2.45, 2.75) is 26.3 Å². The second-order valence-corrected chi connectivity index (χ2v) is 3.99. The minimum absolute atomic E-state index is 0.475. The van der Waals surface area contributed by atoms with Crippen LogP contribution in [0, 0.1) is 0 Å². The number of hydrogen-bond acceptors (Lipinski definition) is 3. The normalized spacial score (nSPS) is 11.3. The molecule has 0 spiro atoms. The van der Waals surface area contributed by atoms with E-state index in [-0.39, 0.29) is 0 Å². The molecule has 0 atom stereocenters. The highest BCUT2D eigenvalue weighted by molar-refractivity contribution is 5.48. The average molecular weight is 209 g/mol. The van der Waals surface area contributed by atoms with Crippen LogP contribution in [0.1, 0.15) is 26.3 Å². The molecule has 3 heteroatoms. The summed E-state index contributed by atoms with van der Waals surface area (Å²) in [5, 5.41) is 0. The molecule has 1 aromatic carbocycles. The van der Waals surface area contributed by atoms with E-state index in [9.17, 15) is 0 Å².